The highest BCUT2D eigenvalue weighted by Crippen LogP contribution is 2.32. The molecule has 7 heteroatoms. The summed E-state index contributed by atoms with van der Waals surface area (Å²) >= 11 is 0. The van der Waals surface area contributed by atoms with E-state index in [-0.39, 0.29) is 13.2 Å². The van der Waals surface area contributed by atoms with Crippen molar-refractivity contribution in [3.63, 3.8) is 0 Å². The predicted octanol–water partition coefficient (Wildman–Crippen LogP) is 1.78. The number of amides is 1. The molecule has 0 aromatic heterocycles. The van der Waals surface area contributed by atoms with Crippen LogP contribution in [0.25, 0.3) is 0 Å². The third-order valence-corrected chi connectivity index (χ3v) is 2.65. The second kappa shape index (κ2) is 6.71. The number of methoxy groups -OCH3 is 1. The van der Waals surface area contributed by atoms with Crippen LogP contribution in [0, 0.1) is 0 Å². The number of benzene rings is 1. The minimum atomic E-state index is -4.60. The Labute approximate surface area is 114 Å². The quantitative estimate of drug-likeness (QED) is 0.899. The first kappa shape index (κ1) is 16.5. The number of hydrogen-bond acceptors (Lipinski definition) is 3. The van der Waals surface area contributed by atoms with E-state index < -0.39 is 29.3 Å². The lowest BCUT2D eigenvalue weighted by Gasteiger charge is -2.22. The summed E-state index contributed by atoms with van der Waals surface area (Å²) in [5, 5.41) is 9.50. The minimum Gasteiger partial charge on any atom is -0.389 e. The van der Waals surface area contributed by atoms with Crippen LogP contribution in [0.4, 0.5) is 13.2 Å². The molecule has 1 aromatic carbocycles. The van der Waals surface area contributed by atoms with Gasteiger partial charge in [0.05, 0.1) is 23.8 Å². The van der Waals surface area contributed by atoms with E-state index in [1.165, 1.54) is 26.3 Å². The second-order valence-electron chi connectivity index (χ2n) is 4.34. The van der Waals surface area contributed by atoms with Gasteiger partial charge in [-0.25, -0.2) is 0 Å². The highest BCUT2D eigenvalue weighted by Gasteiger charge is 2.35. The molecule has 0 fully saturated rings. The highest BCUT2D eigenvalue weighted by atomic mass is 19.4. The first-order chi connectivity index (χ1) is 9.27. The molecule has 1 rings (SSSR count). The van der Waals surface area contributed by atoms with Crippen LogP contribution >= 0.6 is 0 Å². The zero-order valence-electron chi connectivity index (χ0n) is 11.1. The Morgan fingerprint density at radius 3 is 2.55 bits per heavy atom. The van der Waals surface area contributed by atoms with Gasteiger partial charge >= 0.3 is 6.18 Å². The minimum absolute atomic E-state index is 0.00145. The maximum absolute atomic E-state index is 12.8. The van der Waals surface area contributed by atoms with Gasteiger partial charge in [0.25, 0.3) is 5.91 Å². The van der Waals surface area contributed by atoms with E-state index in [0.717, 1.165) is 17.0 Å². The number of carbonyl (C=O) groups is 1. The van der Waals surface area contributed by atoms with Crippen molar-refractivity contribution >= 4 is 5.91 Å². The van der Waals surface area contributed by atoms with Crippen LogP contribution in [0.5, 0.6) is 0 Å². The van der Waals surface area contributed by atoms with Gasteiger partial charge in [-0.1, -0.05) is 12.1 Å². The average Bonchev–Trinajstić information content (AvgIpc) is 2.37. The lowest BCUT2D eigenvalue weighted by atomic mass is 10.1. The van der Waals surface area contributed by atoms with E-state index in [4.69, 9.17) is 4.74 Å². The van der Waals surface area contributed by atoms with E-state index in [1.54, 1.807) is 0 Å². The molecule has 0 heterocycles. The number of hydrogen-bond donors (Lipinski definition) is 1. The van der Waals surface area contributed by atoms with Crippen LogP contribution in [0.15, 0.2) is 24.3 Å². The van der Waals surface area contributed by atoms with Gasteiger partial charge in [0, 0.05) is 20.7 Å². The summed E-state index contributed by atoms with van der Waals surface area (Å²) in [4.78, 5) is 13.1. The Morgan fingerprint density at radius 1 is 1.40 bits per heavy atom. The molecule has 4 nitrogen and oxygen atoms in total. The van der Waals surface area contributed by atoms with Gasteiger partial charge in [-0.3, -0.25) is 4.79 Å². The zero-order valence-corrected chi connectivity index (χ0v) is 11.1. The Bertz CT molecular complexity index is 462. The molecule has 112 valence electrons. The Morgan fingerprint density at radius 2 is 2.00 bits per heavy atom. The molecular formula is C13H16F3NO3. The van der Waals surface area contributed by atoms with Crippen LogP contribution in [0.1, 0.15) is 15.9 Å². The lowest BCUT2D eigenvalue weighted by Crippen LogP contribution is -2.37. The largest absolute Gasteiger partial charge is 0.417 e. The van der Waals surface area contributed by atoms with Gasteiger partial charge in [0.15, 0.2) is 0 Å². The summed E-state index contributed by atoms with van der Waals surface area (Å²) in [6.07, 6.45) is -5.55. The monoisotopic (exact) mass is 291 g/mol. The molecule has 0 spiro atoms. The summed E-state index contributed by atoms with van der Waals surface area (Å²) in [5.41, 5.74) is -1.43. The van der Waals surface area contributed by atoms with Crippen LogP contribution < -0.4 is 0 Å². The molecule has 20 heavy (non-hydrogen) atoms. The van der Waals surface area contributed by atoms with E-state index in [1.807, 2.05) is 0 Å². The third kappa shape index (κ3) is 4.21. The van der Waals surface area contributed by atoms with Gasteiger partial charge in [0.2, 0.25) is 0 Å². The topological polar surface area (TPSA) is 49.8 Å². The predicted molar refractivity (Wildman–Crippen MR) is 66.3 cm³/mol. The number of ether oxygens (including phenoxy) is 1. The third-order valence-electron chi connectivity index (χ3n) is 2.65. The number of aliphatic hydroxyl groups is 1. The van der Waals surface area contributed by atoms with E-state index in [2.05, 4.69) is 0 Å². The average molecular weight is 291 g/mol. The van der Waals surface area contributed by atoms with Crippen molar-refractivity contribution in [2.75, 3.05) is 27.3 Å². The summed E-state index contributed by atoms with van der Waals surface area (Å²) in [7, 11) is 2.71. The fourth-order valence-corrected chi connectivity index (χ4v) is 1.77. The molecule has 1 atom stereocenters. The molecule has 0 aliphatic rings. The van der Waals surface area contributed by atoms with Crippen molar-refractivity contribution in [2.24, 2.45) is 0 Å². The Kier molecular flexibility index (Phi) is 5.52. The standard InChI is InChI=1S/C13H16F3NO3/c1-17(7-9(18)8-20-2)12(19)10-5-3-4-6-11(10)13(14,15)16/h3-6,9,18H,7-8H2,1-2H3. The Balaban J connectivity index is 2.92. The van der Waals surface area contributed by atoms with Crippen LogP contribution in [-0.2, 0) is 10.9 Å². The van der Waals surface area contributed by atoms with Crippen LogP contribution in [0.2, 0.25) is 0 Å². The molecule has 0 saturated carbocycles. The van der Waals surface area contributed by atoms with Crippen molar-refractivity contribution in [2.45, 2.75) is 12.3 Å². The van der Waals surface area contributed by atoms with Gasteiger partial charge in [-0.15, -0.1) is 0 Å². The van der Waals surface area contributed by atoms with Crippen molar-refractivity contribution in [1.29, 1.82) is 0 Å². The molecule has 0 bridgehead atoms. The molecular weight excluding hydrogens is 275 g/mol. The van der Waals surface area contributed by atoms with E-state index in [9.17, 15) is 23.1 Å². The number of aliphatic hydroxyl groups excluding tert-OH is 1. The maximum atomic E-state index is 12.8. The highest BCUT2D eigenvalue weighted by molar-refractivity contribution is 5.95. The molecule has 1 N–H and O–H groups in total. The summed E-state index contributed by atoms with van der Waals surface area (Å²) < 4.78 is 43.1. The molecule has 1 amide bonds. The first-order valence-corrected chi connectivity index (χ1v) is 5.86. The second-order valence-corrected chi connectivity index (χ2v) is 4.34. The maximum Gasteiger partial charge on any atom is 0.417 e. The summed E-state index contributed by atoms with van der Waals surface area (Å²) in [6.45, 7) is -0.114. The normalized spacial score (nSPS) is 13.1. The van der Waals surface area contributed by atoms with Gasteiger partial charge in [-0.05, 0) is 12.1 Å². The SMILES string of the molecule is COCC(O)CN(C)C(=O)c1ccccc1C(F)(F)F. The molecule has 1 aromatic rings. The van der Waals surface area contributed by atoms with Gasteiger partial charge in [-0.2, -0.15) is 13.2 Å². The van der Waals surface area contributed by atoms with Crippen molar-refractivity contribution in [3.8, 4) is 0 Å². The number of nitrogens with zero attached hydrogens (tertiary/aromatic N) is 1. The molecule has 0 saturated heterocycles. The fourth-order valence-electron chi connectivity index (χ4n) is 1.77. The number of alkyl halides is 3. The van der Waals surface area contributed by atoms with Gasteiger partial charge in [0.1, 0.15) is 0 Å². The lowest BCUT2D eigenvalue weighted by molar-refractivity contribution is -0.138. The fraction of sp³-hybridized carbons (Fsp3) is 0.462. The Hall–Kier alpha value is -1.60. The summed E-state index contributed by atoms with van der Waals surface area (Å²) in [5.74, 6) is -0.798. The number of carbonyl (C=O) groups excluding carboxylic acids is 1. The van der Waals surface area contributed by atoms with Crippen molar-refractivity contribution in [3.05, 3.63) is 35.4 Å². The zero-order chi connectivity index (χ0) is 15.3. The van der Waals surface area contributed by atoms with E-state index in [0.29, 0.717) is 0 Å². The van der Waals surface area contributed by atoms with E-state index >= 15 is 0 Å². The van der Waals surface area contributed by atoms with Crippen LogP contribution in [0.3, 0.4) is 0 Å². The van der Waals surface area contributed by atoms with Gasteiger partial charge < -0.3 is 14.7 Å². The molecule has 0 radical (unpaired) electrons. The molecule has 0 aliphatic heterocycles. The molecule has 1 unspecified atom stereocenters. The van der Waals surface area contributed by atoms with Crippen molar-refractivity contribution < 1.29 is 27.8 Å². The smallest absolute Gasteiger partial charge is 0.389 e. The molecule has 0 aliphatic carbocycles. The number of halogens is 3. The van der Waals surface area contributed by atoms with Crippen molar-refractivity contribution in [1.82, 2.24) is 4.90 Å². The first-order valence-electron chi connectivity index (χ1n) is 5.86. The summed E-state index contributed by atoms with van der Waals surface area (Å²) in [6, 6.07) is 4.55. The number of rotatable bonds is 5. The van der Waals surface area contributed by atoms with Crippen LogP contribution in [-0.4, -0.2) is 49.3 Å². The number of likely N-dealkylation sites (N-methyl/N-ethyl adjacent to an activating group) is 1.